The molecule has 3 atom stereocenters. The van der Waals surface area contributed by atoms with Gasteiger partial charge in [-0.15, -0.1) is 0 Å². The lowest BCUT2D eigenvalue weighted by molar-refractivity contribution is -0.693. The van der Waals surface area contributed by atoms with E-state index in [0.29, 0.717) is 5.56 Å². The first kappa shape index (κ1) is 16.4. The largest absolute Gasteiger partial charge is 0.343 e. The van der Waals surface area contributed by atoms with Crippen molar-refractivity contribution in [1.29, 1.82) is 10.5 Å². The highest BCUT2D eigenvalue weighted by Gasteiger charge is 2.97. The maximum atomic E-state index is 13.3. The minimum absolute atomic E-state index is 0.141. The molecule has 0 radical (unpaired) electrons. The minimum atomic E-state index is -1.51. The Morgan fingerprint density at radius 1 is 1.17 bits per heavy atom. The van der Waals surface area contributed by atoms with Crippen molar-refractivity contribution in [2.24, 2.45) is 16.6 Å². The molecule has 1 aromatic carbocycles. The van der Waals surface area contributed by atoms with Crippen LogP contribution in [0.15, 0.2) is 24.3 Å². The maximum absolute atomic E-state index is 13.3. The smallest absolute Gasteiger partial charge is 0.314 e. The number of hydrogen-bond donors (Lipinski definition) is 2. The number of fused-ring (bicyclic) bond motifs is 1. The zero-order chi connectivity index (χ0) is 17.6. The van der Waals surface area contributed by atoms with Gasteiger partial charge in [-0.3, -0.25) is 5.73 Å². The predicted octanol–water partition coefficient (Wildman–Crippen LogP) is 0.121. The van der Waals surface area contributed by atoms with Crippen molar-refractivity contribution >= 4 is 5.84 Å². The number of nitrogens with one attached hydrogen (secondary N) is 1. The van der Waals surface area contributed by atoms with Crippen LogP contribution in [0.2, 0.25) is 0 Å². The quantitative estimate of drug-likeness (QED) is 0.747. The van der Waals surface area contributed by atoms with E-state index in [4.69, 9.17) is 15.2 Å². The number of amidine groups is 1. The first-order chi connectivity index (χ1) is 11.5. The molecule has 2 aliphatic rings. The Bertz CT molecular complexity index is 773. The summed E-state index contributed by atoms with van der Waals surface area (Å²) in [4.78, 5) is 2.89. The number of hydrogen-bond acceptors (Lipinski definition) is 5. The highest BCUT2D eigenvalue weighted by Crippen LogP contribution is 2.78. The fraction of sp³-hybridized carbons (Fsp3) is 0.471. The second-order valence-corrected chi connectivity index (χ2v) is 5.85. The summed E-state index contributed by atoms with van der Waals surface area (Å²) in [5, 5.41) is 19.9. The summed E-state index contributed by atoms with van der Waals surface area (Å²) in [6, 6.07) is 10.1. The molecule has 1 aromatic rings. The zero-order valence-corrected chi connectivity index (χ0v) is 13.5. The Morgan fingerprint density at radius 2 is 1.75 bits per heavy atom. The van der Waals surface area contributed by atoms with E-state index in [9.17, 15) is 14.9 Å². The number of benzene rings is 1. The normalized spacial score (nSPS) is 32.4. The van der Waals surface area contributed by atoms with Crippen molar-refractivity contribution in [3.05, 3.63) is 35.6 Å². The van der Waals surface area contributed by atoms with E-state index in [1.807, 2.05) is 0 Å². The summed E-state index contributed by atoms with van der Waals surface area (Å²) in [5.74, 6) is -2.33. The molecular formula is C17H18FN4O2+. The van der Waals surface area contributed by atoms with Crippen LogP contribution < -0.4 is 10.7 Å². The summed E-state index contributed by atoms with van der Waals surface area (Å²) in [6.45, 7) is 4.07. The van der Waals surface area contributed by atoms with Crippen LogP contribution in [0.5, 0.6) is 0 Å². The van der Waals surface area contributed by atoms with Crippen molar-refractivity contribution in [1.82, 2.24) is 0 Å². The van der Waals surface area contributed by atoms with E-state index in [-0.39, 0.29) is 19.0 Å². The summed E-state index contributed by atoms with van der Waals surface area (Å²) < 4.78 is 24.8. The lowest BCUT2D eigenvalue weighted by Gasteiger charge is -2.29. The summed E-state index contributed by atoms with van der Waals surface area (Å²) in [7, 11) is 0. The molecule has 1 aliphatic carbocycles. The van der Waals surface area contributed by atoms with E-state index < -0.39 is 28.5 Å². The van der Waals surface area contributed by atoms with Crippen LogP contribution in [0.1, 0.15) is 25.3 Å². The molecule has 1 fully saturated rings. The predicted molar refractivity (Wildman–Crippen MR) is 81.4 cm³/mol. The molecule has 1 heterocycles. The van der Waals surface area contributed by atoms with Crippen LogP contribution in [0.3, 0.4) is 0 Å². The molecule has 7 heteroatoms. The average Bonchev–Trinajstić information content (AvgIpc) is 3.15. The molecule has 0 aromatic heterocycles. The van der Waals surface area contributed by atoms with E-state index in [1.54, 1.807) is 26.0 Å². The van der Waals surface area contributed by atoms with Crippen molar-refractivity contribution in [2.45, 2.75) is 25.7 Å². The van der Waals surface area contributed by atoms with Crippen LogP contribution in [-0.2, 0) is 9.47 Å². The molecule has 0 amide bonds. The van der Waals surface area contributed by atoms with Crippen LogP contribution in [0.4, 0.5) is 4.39 Å². The summed E-state index contributed by atoms with van der Waals surface area (Å²) in [5.41, 5.74) is 4.13. The fourth-order valence-electron chi connectivity index (χ4n) is 4.01. The molecule has 6 nitrogen and oxygen atoms in total. The molecule has 0 spiro atoms. The number of nitriles is 2. The third kappa shape index (κ3) is 1.61. The lowest BCUT2D eigenvalue weighted by atomic mass is 9.93. The Kier molecular flexibility index (Phi) is 3.60. The molecule has 0 unspecified atom stereocenters. The monoisotopic (exact) mass is 329 g/mol. The second-order valence-electron chi connectivity index (χ2n) is 5.85. The second kappa shape index (κ2) is 5.27. The highest BCUT2D eigenvalue weighted by molar-refractivity contribution is 5.95. The average molecular weight is 329 g/mol. The standard InChI is InChI=1S/C17H17FN4O2/c1-3-23-17(24-4-2)16(10-20)13(11-5-7-12(18)8-6-11)15(16,9-19)14(21)22-17/h5-8,13H,3-4H2,1-2H3,(H2,21,22)/p+1/t13-,15-,16-/m1/s1. The zero-order valence-electron chi connectivity index (χ0n) is 13.5. The number of ether oxygens (including phenoxy) is 2. The van der Waals surface area contributed by atoms with Crippen LogP contribution in [0.25, 0.3) is 0 Å². The molecule has 0 bridgehead atoms. The third-order valence-electron chi connectivity index (χ3n) is 4.90. The van der Waals surface area contributed by atoms with Gasteiger partial charge in [0.2, 0.25) is 0 Å². The molecular weight excluding hydrogens is 311 g/mol. The SMILES string of the molecule is CCOC1(OCC)[NH+]=C(N)[C@@]2(C#N)[C@@H](c3ccc(F)cc3)[C@@]12C#N. The fourth-order valence-corrected chi connectivity index (χ4v) is 4.01. The first-order valence-electron chi connectivity index (χ1n) is 7.76. The molecule has 1 saturated carbocycles. The molecule has 1 aliphatic heterocycles. The minimum Gasteiger partial charge on any atom is -0.314 e. The lowest BCUT2D eigenvalue weighted by Crippen LogP contribution is -2.91. The molecule has 24 heavy (non-hydrogen) atoms. The number of rotatable bonds is 5. The Balaban J connectivity index is 2.21. The van der Waals surface area contributed by atoms with Crippen molar-refractivity contribution < 1.29 is 18.9 Å². The van der Waals surface area contributed by atoms with Crippen molar-refractivity contribution in [3.8, 4) is 12.1 Å². The number of nitrogens with zero attached hydrogens (tertiary/aromatic N) is 2. The topological polar surface area (TPSA) is 106 Å². The molecule has 3 rings (SSSR count). The molecule has 124 valence electrons. The summed E-state index contributed by atoms with van der Waals surface area (Å²) in [6.07, 6.45) is 0. The number of halogens is 1. The van der Waals surface area contributed by atoms with E-state index in [0.717, 1.165) is 0 Å². The van der Waals surface area contributed by atoms with Gasteiger partial charge in [0.1, 0.15) is 5.82 Å². The van der Waals surface area contributed by atoms with E-state index in [2.05, 4.69) is 17.1 Å². The van der Waals surface area contributed by atoms with Crippen LogP contribution in [-0.4, -0.2) is 25.0 Å². The van der Waals surface area contributed by atoms with Gasteiger partial charge in [0.05, 0.1) is 25.4 Å². The van der Waals surface area contributed by atoms with Crippen molar-refractivity contribution in [2.75, 3.05) is 13.2 Å². The van der Waals surface area contributed by atoms with Crippen LogP contribution in [0, 0.1) is 39.3 Å². The van der Waals surface area contributed by atoms with Gasteiger partial charge in [-0.2, -0.15) is 10.5 Å². The van der Waals surface area contributed by atoms with Gasteiger partial charge in [0.25, 0.3) is 5.84 Å². The number of nitrogens with two attached hydrogens (primary N) is 1. The maximum Gasteiger partial charge on any atom is 0.343 e. The van der Waals surface area contributed by atoms with Gasteiger partial charge in [-0.05, 0) is 31.5 Å². The van der Waals surface area contributed by atoms with Gasteiger partial charge in [-0.1, -0.05) is 12.1 Å². The van der Waals surface area contributed by atoms with E-state index in [1.165, 1.54) is 12.1 Å². The summed E-state index contributed by atoms with van der Waals surface area (Å²) >= 11 is 0. The van der Waals surface area contributed by atoms with Gasteiger partial charge in [0.15, 0.2) is 10.8 Å². The third-order valence-corrected chi connectivity index (χ3v) is 4.90. The van der Waals surface area contributed by atoms with Gasteiger partial charge in [-0.25, -0.2) is 9.38 Å². The highest BCUT2D eigenvalue weighted by atomic mass is 19.1. The Morgan fingerprint density at radius 3 is 2.21 bits per heavy atom. The first-order valence-corrected chi connectivity index (χ1v) is 7.76. The van der Waals surface area contributed by atoms with Gasteiger partial charge >= 0.3 is 5.91 Å². The molecule has 0 saturated heterocycles. The molecule has 3 N–H and O–H groups in total. The Labute approximate surface area is 139 Å². The van der Waals surface area contributed by atoms with E-state index >= 15 is 0 Å². The van der Waals surface area contributed by atoms with Crippen LogP contribution >= 0.6 is 0 Å². The van der Waals surface area contributed by atoms with Crippen molar-refractivity contribution in [3.63, 3.8) is 0 Å². The van der Waals surface area contributed by atoms with Gasteiger partial charge < -0.3 is 9.47 Å². The van der Waals surface area contributed by atoms with Gasteiger partial charge in [0, 0.05) is 5.92 Å². The Hall–Kier alpha value is -2.48.